The van der Waals surface area contributed by atoms with Crippen molar-refractivity contribution in [1.29, 1.82) is 0 Å². The van der Waals surface area contributed by atoms with Gasteiger partial charge in [-0.1, -0.05) is 117 Å². The van der Waals surface area contributed by atoms with Crippen LogP contribution in [-0.4, -0.2) is 56.8 Å². The lowest BCUT2D eigenvalue weighted by Crippen LogP contribution is -2.15. The molecule has 34 heavy (non-hydrogen) atoms. The Bertz CT molecular complexity index is 366. The van der Waals surface area contributed by atoms with Crippen molar-refractivity contribution in [3.8, 4) is 0 Å². The molecular formula is C27H56O7. The highest BCUT2D eigenvalue weighted by atomic mass is 16.4. The second-order valence-electron chi connectivity index (χ2n) is 8.96. The van der Waals surface area contributed by atoms with Crippen LogP contribution in [-0.2, 0) is 9.59 Å². The van der Waals surface area contributed by atoms with E-state index in [1.54, 1.807) is 0 Å². The molecule has 7 nitrogen and oxygen atoms in total. The number of aliphatic hydroxyl groups excluding tert-OH is 3. The Morgan fingerprint density at radius 3 is 0.912 bits per heavy atom. The van der Waals surface area contributed by atoms with Crippen LogP contribution in [0.25, 0.3) is 0 Å². The van der Waals surface area contributed by atoms with E-state index in [9.17, 15) is 9.59 Å². The van der Waals surface area contributed by atoms with Crippen molar-refractivity contribution in [2.75, 3.05) is 13.2 Å². The van der Waals surface area contributed by atoms with E-state index in [1.165, 1.54) is 89.9 Å². The predicted molar refractivity (Wildman–Crippen MR) is 139 cm³/mol. The Balaban J connectivity index is -0.000000458. The van der Waals surface area contributed by atoms with Gasteiger partial charge in [-0.15, -0.1) is 0 Å². The van der Waals surface area contributed by atoms with Gasteiger partial charge >= 0.3 is 11.9 Å². The van der Waals surface area contributed by atoms with Gasteiger partial charge in [0.15, 0.2) is 0 Å². The Hall–Kier alpha value is -1.18. The monoisotopic (exact) mass is 492 g/mol. The van der Waals surface area contributed by atoms with Crippen molar-refractivity contribution in [3.05, 3.63) is 0 Å². The summed E-state index contributed by atoms with van der Waals surface area (Å²) in [4.78, 5) is 20.4. The third-order valence-corrected chi connectivity index (χ3v) is 5.41. The smallest absolute Gasteiger partial charge is 0.303 e. The third-order valence-electron chi connectivity index (χ3n) is 5.41. The van der Waals surface area contributed by atoms with Gasteiger partial charge in [-0.05, 0) is 12.8 Å². The molecule has 0 saturated carbocycles. The average molecular weight is 493 g/mol. The molecule has 0 unspecified atom stereocenters. The largest absolute Gasteiger partial charge is 0.481 e. The maximum absolute atomic E-state index is 10.2. The number of carboxylic acid groups (broad SMARTS) is 2. The zero-order valence-electron chi connectivity index (χ0n) is 22.2. The second-order valence-corrected chi connectivity index (χ2v) is 8.96. The third kappa shape index (κ3) is 44.5. The van der Waals surface area contributed by atoms with Gasteiger partial charge in [0.25, 0.3) is 0 Å². The molecule has 0 aliphatic carbocycles. The molecule has 0 amide bonds. The average Bonchev–Trinajstić information content (AvgIpc) is 2.82. The summed E-state index contributed by atoms with van der Waals surface area (Å²) in [7, 11) is 0. The molecule has 0 fully saturated rings. The quantitative estimate of drug-likeness (QED) is 0.112. The van der Waals surface area contributed by atoms with E-state index in [4.69, 9.17) is 25.5 Å². The molecule has 0 aliphatic rings. The normalized spacial score (nSPS) is 10.3. The molecule has 7 heteroatoms. The molecule has 0 aliphatic heterocycles. The number of hydrogen-bond donors (Lipinski definition) is 5. The summed E-state index contributed by atoms with van der Waals surface area (Å²) in [5, 5.41) is 40.8. The molecule has 0 aromatic carbocycles. The lowest BCUT2D eigenvalue weighted by molar-refractivity contribution is -0.138. The summed E-state index contributed by atoms with van der Waals surface area (Å²) in [5.74, 6) is -1.32. The molecule has 0 spiro atoms. The van der Waals surface area contributed by atoms with E-state index in [2.05, 4.69) is 13.8 Å². The summed E-state index contributed by atoms with van der Waals surface area (Å²) in [6.07, 6.45) is 22.0. The summed E-state index contributed by atoms with van der Waals surface area (Å²) >= 11 is 0. The molecule has 0 heterocycles. The Kier molecular flexibility index (Phi) is 37.4. The first-order valence-corrected chi connectivity index (χ1v) is 13.7. The van der Waals surface area contributed by atoms with E-state index in [0.717, 1.165) is 25.7 Å². The van der Waals surface area contributed by atoms with Crippen molar-refractivity contribution in [3.63, 3.8) is 0 Å². The minimum atomic E-state index is -0.954. The van der Waals surface area contributed by atoms with Crippen LogP contribution in [0.4, 0.5) is 0 Å². The van der Waals surface area contributed by atoms with Crippen LogP contribution in [0.1, 0.15) is 142 Å². The van der Waals surface area contributed by atoms with Gasteiger partial charge in [-0.2, -0.15) is 0 Å². The molecule has 0 bridgehead atoms. The van der Waals surface area contributed by atoms with Crippen LogP contribution in [0.3, 0.4) is 0 Å². The van der Waals surface area contributed by atoms with Crippen LogP contribution < -0.4 is 0 Å². The first kappa shape index (κ1) is 37.4. The van der Waals surface area contributed by atoms with E-state index < -0.39 is 18.0 Å². The zero-order chi connectivity index (χ0) is 26.3. The number of aliphatic hydroxyl groups is 3. The number of carbonyl (C=O) groups is 2. The maximum atomic E-state index is 10.2. The molecular weight excluding hydrogens is 436 g/mol. The highest BCUT2D eigenvalue weighted by Gasteiger charge is 1.97. The minimum Gasteiger partial charge on any atom is -0.481 e. The van der Waals surface area contributed by atoms with Crippen molar-refractivity contribution in [2.24, 2.45) is 0 Å². The number of aliphatic carboxylic acids is 2. The van der Waals surface area contributed by atoms with Crippen LogP contribution in [0.15, 0.2) is 0 Å². The molecule has 206 valence electrons. The first-order chi connectivity index (χ1) is 16.3. The van der Waals surface area contributed by atoms with Gasteiger partial charge in [0.2, 0.25) is 0 Å². The SMILES string of the molecule is CCCCCCCCCCCC(=O)O.CCCCCCCCCCCC(=O)O.OCC(O)CO. The standard InChI is InChI=1S/2C12H24O2.C3H8O3/c2*1-2-3-4-5-6-7-8-9-10-11-12(13)14;4-1-3(6)2-5/h2*2-11H2,1H3,(H,13,14);3-6H,1-2H2. The number of carboxylic acids is 2. The molecule has 0 aromatic rings. The Morgan fingerprint density at radius 1 is 0.500 bits per heavy atom. The number of hydrogen-bond acceptors (Lipinski definition) is 5. The van der Waals surface area contributed by atoms with Crippen LogP contribution in [0.5, 0.6) is 0 Å². The number of rotatable bonds is 22. The summed E-state index contributed by atoms with van der Waals surface area (Å²) in [6, 6.07) is 0. The highest BCUT2D eigenvalue weighted by molar-refractivity contribution is 5.66. The summed E-state index contributed by atoms with van der Waals surface area (Å²) < 4.78 is 0. The van der Waals surface area contributed by atoms with Crippen LogP contribution in [0.2, 0.25) is 0 Å². The predicted octanol–water partition coefficient (Wildman–Crippen LogP) is 6.32. The van der Waals surface area contributed by atoms with Crippen molar-refractivity contribution >= 4 is 11.9 Å². The second kappa shape index (κ2) is 34.0. The Labute approximate surface area is 209 Å². The molecule has 5 N–H and O–H groups in total. The lowest BCUT2D eigenvalue weighted by atomic mass is 10.1. The summed E-state index contributed by atoms with van der Waals surface area (Å²) in [6.45, 7) is 3.73. The van der Waals surface area contributed by atoms with Gasteiger partial charge in [-0.25, -0.2) is 0 Å². The van der Waals surface area contributed by atoms with Crippen molar-refractivity contribution in [2.45, 2.75) is 148 Å². The maximum Gasteiger partial charge on any atom is 0.303 e. The molecule has 0 rings (SSSR count). The zero-order valence-corrected chi connectivity index (χ0v) is 22.2. The van der Waals surface area contributed by atoms with E-state index in [1.807, 2.05) is 0 Å². The molecule has 0 atom stereocenters. The topological polar surface area (TPSA) is 135 Å². The minimum absolute atomic E-state index is 0.343. The first-order valence-electron chi connectivity index (χ1n) is 13.7. The van der Waals surface area contributed by atoms with E-state index in [-0.39, 0.29) is 13.2 Å². The van der Waals surface area contributed by atoms with Gasteiger partial charge in [0.05, 0.1) is 13.2 Å². The molecule has 0 aromatic heterocycles. The lowest BCUT2D eigenvalue weighted by Gasteiger charge is -2.00. The highest BCUT2D eigenvalue weighted by Crippen LogP contribution is 2.11. The van der Waals surface area contributed by atoms with Gasteiger partial charge in [0, 0.05) is 12.8 Å². The van der Waals surface area contributed by atoms with E-state index >= 15 is 0 Å². The van der Waals surface area contributed by atoms with Crippen LogP contribution in [0, 0.1) is 0 Å². The number of unbranched alkanes of at least 4 members (excludes halogenated alkanes) is 16. The fourth-order valence-electron chi connectivity index (χ4n) is 3.23. The van der Waals surface area contributed by atoms with E-state index in [0.29, 0.717) is 12.8 Å². The fourth-order valence-corrected chi connectivity index (χ4v) is 3.23. The van der Waals surface area contributed by atoms with Gasteiger partial charge in [-0.3, -0.25) is 9.59 Å². The molecule has 0 saturated heterocycles. The van der Waals surface area contributed by atoms with Gasteiger partial charge < -0.3 is 25.5 Å². The van der Waals surface area contributed by atoms with Crippen molar-refractivity contribution in [1.82, 2.24) is 0 Å². The molecule has 0 radical (unpaired) electrons. The Morgan fingerprint density at radius 2 is 0.735 bits per heavy atom. The van der Waals surface area contributed by atoms with Gasteiger partial charge in [0.1, 0.15) is 6.10 Å². The van der Waals surface area contributed by atoms with Crippen molar-refractivity contribution < 1.29 is 35.1 Å². The van der Waals surface area contributed by atoms with Crippen LogP contribution >= 0.6 is 0 Å². The summed E-state index contributed by atoms with van der Waals surface area (Å²) in [5.41, 5.74) is 0. The fraction of sp³-hybridized carbons (Fsp3) is 0.926.